The maximum absolute atomic E-state index is 12.8. The number of phenols is 1. The molecule has 1 aliphatic carbocycles. The summed E-state index contributed by atoms with van der Waals surface area (Å²) >= 11 is 0.965. The van der Waals surface area contributed by atoms with Gasteiger partial charge in [0.25, 0.3) is 5.92 Å². The van der Waals surface area contributed by atoms with Crippen LogP contribution >= 0.6 is 11.3 Å². The van der Waals surface area contributed by atoms with E-state index in [-0.39, 0.29) is 23.6 Å². The van der Waals surface area contributed by atoms with Crippen LogP contribution in [-0.4, -0.2) is 15.6 Å². The van der Waals surface area contributed by atoms with Crippen molar-refractivity contribution in [3.05, 3.63) is 27.9 Å². The summed E-state index contributed by atoms with van der Waals surface area (Å²) in [6.07, 6.45) is -0.144. The number of hydrogen-bond donors (Lipinski definition) is 1. The number of phenolic OH excluding ortho intramolecular Hbond substituents is 1. The molecule has 1 aliphatic rings. The van der Waals surface area contributed by atoms with E-state index in [1.807, 2.05) is 0 Å². The van der Waals surface area contributed by atoms with Crippen LogP contribution in [0.4, 0.5) is 8.78 Å². The SMILES string of the molecule is O=c1sc2cc(O)ccc2n1CC1CC1(F)F. The third kappa shape index (κ3) is 1.72. The highest BCUT2D eigenvalue weighted by atomic mass is 32.1. The largest absolute Gasteiger partial charge is 0.508 e. The van der Waals surface area contributed by atoms with Gasteiger partial charge in [-0.2, -0.15) is 0 Å². The van der Waals surface area contributed by atoms with Gasteiger partial charge in [-0.3, -0.25) is 9.36 Å². The maximum Gasteiger partial charge on any atom is 0.308 e. The van der Waals surface area contributed by atoms with Gasteiger partial charge in [0.2, 0.25) is 0 Å². The molecule has 3 rings (SSSR count). The zero-order chi connectivity index (χ0) is 12.2. The summed E-state index contributed by atoms with van der Waals surface area (Å²) < 4.78 is 27.7. The first kappa shape index (κ1) is 10.7. The van der Waals surface area contributed by atoms with E-state index in [1.54, 1.807) is 6.07 Å². The van der Waals surface area contributed by atoms with Gasteiger partial charge >= 0.3 is 4.87 Å². The van der Waals surface area contributed by atoms with Crippen LogP contribution in [0.25, 0.3) is 10.2 Å². The Morgan fingerprint density at radius 3 is 2.88 bits per heavy atom. The standard InChI is InChI=1S/C11H9F2NO2S/c12-11(13)4-6(11)5-14-8-2-1-7(15)3-9(8)17-10(14)16/h1-3,6,15H,4-5H2. The van der Waals surface area contributed by atoms with Gasteiger partial charge in [0.1, 0.15) is 5.75 Å². The van der Waals surface area contributed by atoms with Crippen molar-refractivity contribution in [2.45, 2.75) is 18.9 Å². The van der Waals surface area contributed by atoms with Gasteiger partial charge in [0, 0.05) is 18.9 Å². The van der Waals surface area contributed by atoms with Crippen LogP contribution in [0.15, 0.2) is 23.0 Å². The minimum absolute atomic E-state index is 0.0522. The Morgan fingerprint density at radius 2 is 2.24 bits per heavy atom. The van der Waals surface area contributed by atoms with Crippen molar-refractivity contribution in [1.29, 1.82) is 0 Å². The monoisotopic (exact) mass is 257 g/mol. The second-order valence-corrected chi connectivity index (χ2v) is 5.29. The molecule has 0 amide bonds. The van der Waals surface area contributed by atoms with E-state index in [4.69, 9.17) is 0 Å². The van der Waals surface area contributed by atoms with E-state index < -0.39 is 11.8 Å². The summed E-state index contributed by atoms with van der Waals surface area (Å²) in [5, 5.41) is 9.28. The lowest BCUT2D eigenvalue weighted by Gasteiger charge is -2.02. The molecule has 3 nitrogen and oxygen atoms in total. The number of aromatic nitrogens is 1. The predicted molar refractivity (Wildman–Crippen MR) is 60.8 cm³/mol. The molecule has 1 unspecified atom stereocenters. The van der Waals surface area contributed by atoms with Crippen LogP contribution in [0.2, 0.25) is 0 Å². The molecule has 90 valence electrons. The number of thiazole rings is 1. The fourth-order valence-electron chi connectivity index (χ4n) is 1.92. The van der Waals surface area contributed by atoms with E-state index >= 15 is 0 Å². The van der Waals surface area contributed by atoms with Crippen molar-refractivity contribution >= 4 is 21.6 Å². The second kappa shape index (κ2) is 3.29. The first-order valence-corrected chi connectivity index (χ1v) is 5.99. The van der Waals surface area contributed by atoms with Crippen molar-refractivity contribution < 1.29 is 13.9 Å². The third-order valence-corrected chi connectivity index (χ3v) is 3.95. The first-order valence-electron chi connectivity index (χ1n) is 5.17. The zero-order valence-corrected chi connectivity index (χ0v) is 9.51. The summed E-state index contributed by atoms with van der Waals surface area (Å²) in [5.41, 5.74) is 0.612. The van der Waals surface area contributed by atoms with Gasteiger partial charge in [-0.25, -0.2) is 8.78 Å². The lowest BCUT2D eigenvalue weighted by Crippen LogP contribution is -2.15. The Hall–Kier alpha value is -1.43. The molecular formula is C11H9F2NO2S. The summed E-state index contributed by atoms with van der Waals surface area (Å²) in [7, 11) is 0. The topological polar surface area (TPSA) is 42.2 Å². The number of aromatic hydroxyl groups is 1. The Kier molecular flexibility index (Phi) is 2.07. The van der Waals surface area contributed by atoms with Crippen LogP contribution in [-0.2, 0) is 6.54 Å². The highest BCUT2D eigenvalue weighted by Gasteiger charge is 2.56. The van der Waals surface area contributed by atoms with Crippen molar-refractivity contribution in [3.63, 3.8) is 0 Å². The van der Waals surface area contributed by atoms with Gasteiger partial charge in [-0.1, -0.05) is 11.3 Å². The third-order valence-electron chi connectivity index (χ3n) is 3.01. The Labute approximate surface area is 98.9 Å². The summed E-state index contributed by atoms with van der Waals surface area (Å²) in [6, 6.07) is 4.52. The quantitative estimate of drug-likeness (QED) is 0.897. The number of benzene rings is 1. The van der Waals surface area contributed by atoms with Crippen LogP contribution in [0, 0.1) is 5.92 Å². The Bertz CT molecular complexity index is 646. The first-order chi connectivity index (χ1) is 7.97. The van der Waals surface area contributed by atoms with Gasteiger partial charge in [-0.15, -0.1) is 0 Å². The van der Waals surface area contributed by atoms with Gasteiger partial charge in [0.05, 0.1) is 10.2 Å². The lowest BCUT2D eigenvalue weighted by atomic mass is 10.3. The average molecular weight is 257 g/mol. The fourth-order valence-corrected chi connectivity index (χ4v) is 2.85. The highest BCUT2D eigenvalue weighted by molar-refractivity contribution is 7.16. The molecule has 1 heterocycles. The van der Waals surface area contributed by atoms with Crippen LogP contribution in [0.3, 0.4) is 0 Å². The van der Waals surface area contributed by atoms with E-state index in [9.17, 15) is 18.7 Å². The molecular weight excluding hydrogens is 248 g/mol. The smallest absolute Gasteiger partial charge is 0.308 e. The molecule has 0 saturated heterocycles. The van der Waals surface area contributed by atoms with Crippen molar-refractivity contribution in [2.75, 3.05) is 0 Å². The molecule has 2 aromatic rings. The molecule has 0 bridgehead atoms. The maximum atomic E-state index is 12.8. The molecule has 1 saturated carbocycles. The average Bonchev–Trinajstić information content (AvgIpc) is 2.71. The zero-order valence-electron chi connectivity index (χ0n) is 8.69. The minimum atomic E-state index is -2.62. The molecule has 0 aliphatic heterocycles. The van der Waals surface area contributed by atoms with Gasteiger partial charge in [-0.05, 0) is 18.2 Å². The Morgan fingerprint density at radius 1 is 1.53 bits per heavy atom. The Balaban J connectivity index is 2.04. The van der Waals surface area contributed by atoms with E-state index in [2.05, 4.69) is 0 Å². The molecule has 17 heavy (non-hydrogen) atoms. The number of fused-ring (bicyclic) bond motifs is 1. The summed E-state index contributed by atoms with van der Waals surface area (Å²) in [5.74, 6) is -3.28. The number of nitrogens with zero attached hydrogens (tertiary/aromatic N) is 1. The van der Waals surface area contributed by atoms with Crippen LogP contribution in [0.1, 0.15) is 6.42 Å². The molecule has 1 aromatic carbocycles. The second-order valence-electron chi connectivity index (χ2n) is 4.29. The van der Waals surface area contributed by atoms with Gasteiger partial charge < -0.3 is 5.11 Å². The molecule has 1 aromatic heterocycles. The number of hydrogen-bond acceptors (Lipinski definition) is 3. The molecule has 0 spiro atoms. The van der Waals surface area contributed by atoms with Crippen molar-refractivity contribution in [3.8, 4) is 5.75 Å². The number of halogens is 2. The lowest BCUT2D eigenvalue weighted by molar-refractivity contribution is 0.0953. The molecule has 6 heteroatoms. The fraction of sp³-hybridized carbons (Fsp3) is 0.364. The molecule has 1 fully saturated rings. The van der Waals surface area contributed by atoms with Crippen LogP contribution in [0.5, 0.6) is 5.75 Å². The van der Waals surface area contributed by atoms with Crippen molar-refractivity contribution in [2.24, 2.45) is 5.92 Å². The van der Waals surface area contributed by atoms with Crippen LogP contribution < -0.4 is 4.87 Å². The summed E-state index contributed by atoms with van der Waals surface area (Å²) in [4.78, 5) is 11.4. The predicted octanol–water partition coefficient (Wildman–Crippen LogP) is 2.42. The normalized spacial score (nSPS) is 21.9. The van der Waals surface area contributed by atoms with E-state index in [0.717, 1.165) is 11.3 Å². The molecule has 0 radical (unpaired) electrons. The van der Waals surface area contributed by atoms with E-state index in [1.165, 1.54) is 16.7 Å². The highest BCUT2D eigenvalue weighted by Crippen LogP contribution is 2.49. The minimum Gasteiger partial charge on any atom is -0.508 e. The van der Waals surface area contributed by atoms with Crippen molar-refractivity contribution in [1.82, 2.24) is 4.57 Å². The molecule has 1 N–H and O–H groups in total. The summed E-state index contributed by atoms with van der Waals surface area (Å²) in [6.45, 7) is 0.0522. The molecule has 1 atom stereocenters. The number of alkyl halides is 2. The van der Waals surface area contributed by atoms with Gasteiger partial charge in [0.15, 0.2) is 0 Å². The van der Waals surface area contributed by atoms with E-state index in [0.29, 0.717) is 10.2 Å². The number of rotatable bonds is 2.